The van der Waals surface area contributed by atoms with Gasteiger partial charge in [0.25, 0.3) is 5.91 Å². The standard InChI is InChI=1S/C36H37FN8O3S/c37-21-15-27(28(17-46)29(16-21)45-10-9-26-25-3-1-2-4-30(25)49-32(26)36(45)47)33-41-34-31(38-20-39-34)35(42-33)40-22-5-7-23(8-6-22)43-11-13-44(14-12-43)24-18-48-19-24/h5-8,15-16,20,24,46H,1-4,9-14,17-19H2,(H2,38,39,40,41,42). The van der Waals surface area contributed by atoms with Crippen LogP contribution in [0.3, 0.4) is 0 Å². The zero-order valence-corrected chi connectivity index (χ0v) is 27.9. The highest BCUT2D eigenvalue weighted by Gasteiger charge is 2.34. The van der Waals surface area contributed by atoms with Crippen LogP contribution < -0.4 is 15.1 Å². The van der Waals surface area contributed by atoms with E-state index in [2.05, 4.69) is 42.2 Å². The van der Waals surface area contributed by atoms with E-state index < -0.39 is 12.4 Å². The molecule has 3 aliphatic heterocycles. The number of imidazole rings is 1. The molecule has 13 heteroatoms. The Morgan fingerprint density at radius 2 is 1.82 bits per heavy atom. The number of anilines is 4. The molecule has 0 bridgehead atoms. The molecule has 2 aromatic carbocycles. The second kappa shape index (κ2) is 12.5. The monoisotopic (exact) mass is 680 g/mol. The molecule has 0 radical (unpaired) electrons. The smallest absolute Gasteiger partial charge is 0.268 e. The fourth-order valence-corrected chi connectivity index (χ4v) is 9.08. The van der Waals surface area contributed by atoms with Gasteiger partial charge in [-0.1, -0.05) is 0 Å². The summed E-state index contributed by atoms with van der Waals surface area (Å²) in [6.07, 6.45) is 6.56. The van der Waals surface area contributed by atoms with Crippen molar-refractivity contribution in [3.8, 4) is 11.4 Å². The maximum Gasteiger partial charge on any atom is 0.268 e. The lowest BCUT2D eigenvalue weighted by Gasteiger charge is -2.43. The topological polar surface area (TPSA) is 123 Å². The SMILES string of the molecule is O=C1c2sc3c(c2CCN1c1cc(F)cc(-c2nc(Nc4ccc(N5CCN(C6COC6)CC5)cc4)c4[nH]cnc4n2)c1CO)CCCC3. The van der Waals surface area contributed by atoms with Crippen LogP contribution in [-0.4, -0.2) is 87.8 Å². The first-order chi connectivity index (χ1) is 24.0. The predicted molar refractivity (Wildman–Crippen MR) is 187 cm³/mol. The molecule has 2 saturated heterocycles. The lowest BCUT2D eigenvalue weighted by molar-refractivity contribution is -0.0660. The molecular formula is C36H37FN8O3S. The van der Waals surface area contributed by atoms with E-state index in [1.165, 1.54) is 22.6 Å². The van der Waals surface area contributed by atoms with E-state index in [0.717, 1.165) is 86.9 Å². The Labute approximate surface area is 286 Å². The van der Waals surface area contributed by atoms with Crippen LogP contribution in [-0.2, 0) is 30.6 Å². The number of aryl methyl sites for hydroxylation is 1. The summed E-state index contributed by atoms with van der Waals surface area (Å²) in [4.78, 5) is 39.5. The third kappa shape index (κ3) is 5.45. The van der Waals surface area contributed by atoms with Gasteiger partial charge in [0.15, 0.2) is 17.3 Å². The number of fused-ring (bicyclic) bond motifs is 4. The van der Waals surface area contributed by atoms with Crippen molar-refractivity contribution in [3.05, 3.63) is 75.0 Å². The third-order valence-electron chi connectivity index (χ3n) is 10.4. The van der Waals surface area contributed by atoms with Gasteiger partial charge in [-0.15, -0.1) is 11.3 Å². The molecule has 11 nitrogen and oxygen atoms in total. The predicted octanol–water partition coefficient (Wildman–Crippen LogP) is 5.06. The van der Waals surface area contributed by atoms with E-state index in [1.54, 1.807) is 22.6 Å². The summed E-state index contributed by atoms with van der Waals surface area (Å²) in [5, 5.41) is 14.1. The summed E-state index contributed by atoms with van der Waals surface area (Å²) in [6.45, 7) is 5.66. The summed E-state index contributed by atoms with van der Waals surface area (Å²) in [6, 6.07) is 11.5. The molecule has 0 saturated carbocycles. The molecule has 0 atom stereocenters. The minimum absolute atomic E-state index is 0.142. The largest absolute Gasteiger partial charge is 0.392 e. The van der Waals surface area contributed by atoms with Crippen molar-refractivity contribution in [2.45, 2.75) is 44.8 Å². The number of carbonyl (C=O) groups excluding carboxylic acids is 1. The first kappa shape index (κ1) is 30.6. The Hall–Kier alpha value is -4.43. The van der Waals surface area contributed by atoms with Gasteiger partial charge in [-0.05, 0) is 79.6 Å². The summed E-state index contributed by atoms with van der Waals surface area (Å²) < 4.78 is 20.8. The number of piperazine rings is 1. The first-order valence-electron chi connectivity index (χ1n) is 17.1. The number of halogens is 1. The maximum absolute atomic E-state index is 15.4. The molecular weight excluding hydrogens is 644 g/mol. The number of thiophene rings is 1. The van der Waals surface area contributed by atoms with E-state index in [9.17, 15) is 9.90 Å². The number of amides is 1. The summed E-state index contributed by atoms with van der Waals surface area (Å²) >= 11 is 1.58. The number of aromatic amines is 1. The van der Waals surface area contributed by atoms with E-state index in [0.29, 0.717) is 52.8 Å². The highest BCUT2D eigenvalue weighted by atomic mass is 32.1. The van der Waals surface area contributed by atoms with Gasteiger partial charge in [0, 0.05) is 60.1 Å². The molecule has 0 spiro atoms. The molecule has 49 heavy (non-hydrogen) atoms. The van der Waals surface area contributed by atoms with E-state index in [-0.39, 0.29) is 11.7 Å². The highest BCUT2D eigenvalue weighted by molar-refractivity contribution is 7.14. The number of nitrogens with zero attached hydrogens (tertiary/aromatic N) is 6. The van der Waals surface area contributed by atoms with Gasteiger partial charge in [0.05, 0.1) is 42.8 Å². The highest BCUT2D eigenvalue weighted by Crippen LogP contribution is 2.41. The molecule has 3 aromatic heterocycles. The number of ether oxygens (including phenoxy) is 1. The first-order valence-corrected chi connectivity index (χ1v) is 17.9. The average molecular weight is 681 g/mol. The summed E-state index contributed by atoms with van der Waals surface area (Å²) in [7, 11) is 0. The lowest BCUT2D eigenvalue weighted by atomic mass is 9.91. The van der Waals surface area contributed by atoms with E-state index in [4.69, 9.17) is 9.72 Å². The van der Waals surface area contributed by atoms with Gasteiger partial charge < -0.3 is 29.9 Å². The van der Waals surface area contributed by atoms with Crippen LogP contribution in [0.15, 0.2) is 42.7 Å². The Balaban J connectivity index is 1.01. The van der Waals surface area contributed by atoms with Crippen LogP contribution in [0.5, 0.6) is 0 Å². The molecule has 1 amide bonds. The van der Waals surface area contributed by atoms with Gasteiger partial charge in [-0.25, -0.2) is 19.3 Å². The summed E-state index contributed by atoms with van der Waals surface area (Å²) in [5.74, 6) is -0.00528. The van der Waals surface area contributed by atoms with Gasteiger partial charge >= 0.3 is 0 Å². The lowest BCUT2D eigenvalue weighted by Crippen LogP contribution is -2.56. The number of hydrogen-bond acceptors (Lipinski definition) is 10. The number of hydrogen-bond donors (Lipinski definition) is 3. The third-order valence-corrected chi connectivity index (χ3v) is 11.7. The van der Waals surface area contributed by atoms with E-state index in [1.807, 2.05) is 12.1 Å². The number of H-pyrrole nitrogens is 1. The van der Waals surface area contributed by atoms with Crippen molar-refractivity contribution in [2.75, 3.05) is 61.1 Å². The average Bonchev–Trinajstić information content (AvgIpc) is 3.74. The van der Waals surface area contributed by atoms with Crippen LogP contribution in [0.1, 0.15) is 44.1 Å². The Bertz CT molecular complexity index is 2050. The van der Waals surface area contributed by atoms with Crippen molar-refractivity contribution >= 4 is 51.3 Å². The molecule has 2 fully saturated rings. The number of benzene rings is 2. The maximum atomic E-state index is 15.4. The summed E-state index contributed by atoms with van der Waals surface area (Å²) in [5.41, 5.74) is 6.54. The van der Waals surface area contributed by atoms with Crippen LogP contribution in [0.2, 0.25) is 0 Å². The zero-order valence-electron chi connectivity index (χ0n) is 27.0. The van der Waals surface area contributed by atoms with Crippen molar-refractivity contribution in [3.63, 3.8) is 0 Å². The van der Waals surface area contributed by atoms with Crippen molar-refractivity contribution in [1.29, 1.82) is 0 Å². The van der Waals surface area contributed by atoms with Gasteiger partial charge in [-0.3, -0.25) is 9.69 Å². The molecule has 0 unspecified atom stereocenters. The Morgan fingerprint density at radius 1 is 1.00 bits per heavy atom. The molecule has 9 rings (SSSR count). The number of nitrogens with one attached hydrogen (secondary N) is 2. The van der Waals surface area contributed by atoms with Crippen LogP contribution in [0.25, 0.3) is 22.6 Å². The number of carbonyl (C=O) groups is 1. The molecule has 1 aliphatic carbocycles. The zero-order chi connectivity index (χ0) is 33.1. The Kier molecular flexibility index (Phi) is 7.79. The molecule has 5 aromatic rings. The number of aromatic nitrogens is 4. The number of aliphatic hydroxyl groups excluding tert-OH is 1. The van der Waals surface area contributed by atoms with Crippen LogP contribution in [0.4, 0.5) is 27.3 Å². The Morgan fingerprint density at radius 3 is 2.59 bits per heavy atom. The van der Waals surface area contributed by atoms with E-state index >= 15 is 4.39 Å². The number of rotatable bonds is 7. The number of aliphatic hydroxyl groups is 1. The second-order valence-electron chi connectivity index (χ2n) is 13.2. The van der Waals surface area contributed by atoms with Crippen molar-refractivity contribution in [2.24, 2.45) is 0 Å². The fourth-order valence-electron chi connectivity index (χ4n) is 7.69. The van der Waals surface area contributed by atoms with Crippen molar-refractivity contribution < 1.29 is 19.0 Å². The van der Waals surface area contributed by atoms with Gasteiger partial charge in [0.2, 0.25) is 0 Å². The molecule has 3 N–H and O–H groups in total. The minimum atomic E-state index is -0.538. The van der Waals surface area contributed by atoms with Crippen molar-refractivity contribution in [1.82, 2.24) is 24.8 Å². The quantitative estimate of drug-likeness (QED) is 0.217. The molecule has 252 valence electrons. The normalized spacial score (nSPS) is 18.4. The van der Waals surface area contributed by atoms with Crippen LogP contribution >= 0.6 is 11.3 Å². The molecule has 6 heterocycles. The second-order valence-corrected chi connectivity index (χ2v) is 14.3. The van der Waals surface area contributed by atoms with Gasteiger partial charge in [0.1, 0.15) is 11.3 Å². The van der Waals surface area contributed by atoms with Gasteiger partial charge in [-0.2, -0.15) is 0 Å². The molecule has 4 aliphatic rings. The van der Waals surface area contributed by atoms with Crippen LogP contribution in [0, 0.1) is 5.82 Å². The fraction of sp³-hybridized carbons (Fsp3) is 0.389. The minimum Gasteiger partial charge on any atom is -0.392 e.